The van der Waals surface area contributed by atoms with Crippen molar-refractivity contribution in [1.82, 2.24) is 4.98 Å². The molecule has 0 atom stereocenters. The van der Waals surface area contributed by atoms with Gasteiger partial charge in [0.1, 0.15) is 0 Å². The van der Waals surface area contributed by atoms with E-state index < -0.39 is 0 Å². The van der Waals surface area contributed by atoms with E-state index in [1.807, 2.05) is 6.07 Å². The Balaban J connectivity index is 2.93. The Kier molecular flexibility index (Phi) is 3.52. The Hall–Kier alpha value is -1.29. The van der Waals surface area contributed by atoms with E-state index in [1.54, 1.807) is 20.3 Å². The molecule has 0 fully saturated rings. The van der Waals surface area contributed by atoms with Crippen LogP contribution in [0.15, 0.2) is 12.1 Å². The minimum atomic E-state index is 0.553. The molecule has 13 heavy (non-hydrogen) atoms. The largest absolute Gasteiger partial charge is 0.481 e. The molecule has 1 aromatic heterocycles. The summed E-state index contributed by atoms with van der Waals surface area (Å²) in [5.41, 5.74) is 6.45. The van der Waals surface area contributed by atoms with Crippen molar-refractivity contribution in [2.24, 2.45) is 5.73 Å². The van der Waals surface area contributed by atoms with Crippen LogP contribution in [-0.4, -0.2) is 25.7 Å². The zero-order valence-corrected chi connectivity index (χ0v) is 7.91. The van der Waals surface area contributed by atoms with E-state index in [9.17, 15) is 0 Å². The number of methoxy groups -OCH3 is 2. The van der Waals surface area contributed by atoms with Crippen molar-refractivity contribution in [3.63, 3.8) is 0 Å². The predicted molar refractivity (Wildman–Crippen MR) is 50.1 cm³/mol. The minimum absolute atomic E-state index is 0.553. The maximum absolute atomic E-state index is 5.44. The molecule has 1 aromatic rings. The van der Waals surface area contributed by atoms with Crippen LogP contribution < -0.4 is 15.2 Å². The molecule has 0 aliphatic carbocycles. The van der Waals surface area contributed by atoms with Gasteiger partial charge in [-0.05, 0) is 19.0 Å². The first-order valence-electron chi connectivity index (χ1n) is 4.09. The first kappa shape index (κ1) is 9.80. The van der Waals surface area contributed by atoms with Gasteiger partial charge in [-0.3, -0.25) is 0 Å². The number of nitrogens with two attached hydrogens (primary N) is 1. The van der Waals surface area contributed by atoms with Crippen LogP contribution in [-0.2, 0) is 6.42 Å². The van der Waals surface area contributed by atoms with Crippen molar-refractivity contribution in [2.45, 2.75) is 6.42 Å². The van der Waals surface area contributed by atoms with Crippen LogP contribution in [0.3, 0.4) is 0 Å². The van der Waals surface area contributed by atoms with Crippen LogP contribution in [0.4, 0.5) is 0 Å². The third-order valence-electron chi connectivity index (χ3n) is 1.73. The molecule has 0 saturated heterocycles. The standard InChI is InChI=1S/C9H14N2O2/c1-12-8-4-3-7(5-6-10)9(11-8)13-2/h3-4H,5-6,10H2,1-2H3. The molecule has 2 N–H and O–H groups in total. The second kappa shape index (κ2) is 4.67. The first-order chi connectivity index (χ1) is 6.31. The van der Waals surface area contributed by atoms with E-state index in [2.05, 4.69) is 4.98 Å². The number of pyridine rings is 1. The number of nitrogens with zero attached hydrogens (tertiary/aromatic N) is 1. The minimum Gasteiger partial charge on any atom is -0.481 e. The van der Waals surface area contributed by atoms with Gasteiger partial charge >= 0.3 is 0 Å². The average molecular weight is 182 g/mol. The van der Waals surface area contributed by atoms with Gasteiger partial charge in [0.25, 0.3) is 0 Å². The second-order valence-corrected chi connectivity index (χ2v) is 2.56. The van der Waals surface area contributed by atoms with Gasteiger partial charge in [-0.2, -0.15) is 4.98 Å². The average Bonchev–Trinajstić information content (AvgIpc) is 2.19. The number of aromatic nitrogens is 1. The SMILES string of the molecule is COc1ccc(CCN)c(OC)n1. The summed E-state index contributed by atoms with van der Waals surface area (Å²) in [7, 11) is 3.16. The van der Waals surface area contributed by atoms with Gasteiger partial charge in [0.2, 0.25) is 11.8 Å². The highest BCUT2D eigenvalue weighted by atomic mass is 16.5. The lowest BCUT2D eigenvalue weighted by Gasteiger charge is -2.07. The summed E-state index contributed by atoms with van der Waals surface area (Å²) in [6.45, 7) is 0.588. The molecule has 1 rings (SSSR count). The Morgan fingerprint density at radius 3 is 2.62 bits per heavy atom. The summed E-state index contributed by atoms with van der Waals surface area (Å²) in [5, 5.41) is 0. The summed E-state index contributed by atoms with van der Waals surface area (Å²) in [6.07, 6.45) is 0.764. The van der Waals surface area contributed by atoms with Gasteiger partial charge in [0, 0.05) is 11.6 Å². The summed E-state index contributed by atoms with van der Waals surface area (Å²) in [6, 6.07) is 3.71. The number of hydrogen-bond donors (Lipinski definition) is 1. The normalized spacial score (nSPS) is 9.77. The van der Waals surface area contributed by atoms with E-state index in [1.165, 1.54) is 0 Å². The Morgan fingerprint density at radius 2 is 2.08 bits per heavy atom. The summed E-state index contributed by atoms with van der Waals surface area (Å²) in [4.78, 5) is 4.13. The third-order valence-corrected chi connectivity index (χ3v) is 1.73. The lowest BCUT2D eigenvalue weighted by Crippen LogP contribution is -2.05. The lowest BCUT2D eigenvalue weighted by molar-refractivity contribution is 0.361. The van der Waals surface area contributed by atoms with Gasteiger partial charge in [-0.25, -0.2) is 0 Å². The molecular formula is C9H14N2O2. The Bertz CT molecular complexity index is 276. The van der Waals surface area contributed by atoms with E-state index in [-0.39, 0.29) is 0 Å². The molecule has 4 nitrogen and oxygen atoms in total. The third kappa shape index (κ3) is 2.32. The fourth-order valence-electron chi connectivity index (χ4n) is 1.09. The first-order valence-corrected chi connectivity index (χ1v) is 4.09. The van der Waals surface area contributed by atoms with Gasteiger partial charge in [-0.1, -0.05) is 0 Å². The van der Waals surface area contributed by atoms with E-state index in [0.717, 1.165) is 12.0 Å². The maximum atomic E-state index is 5.44. The second-order valence-electron chi connectivity index (χ2n) is 2.56. The molecule has 0 radical (unpaired) electrons. The fourth-order valence-corrected chi connectivity index (χ4v) is 1.09. The zero-order valence-electron chi connectivity index (χ0n) is 7.91. The highest BCUT2D eigenvalue weighted by Crippen LogP contribution is 2.19. The monoisotopic (exact) mass is 182 g/mol. The molecule has 0 bridgehead atoms. The van der Waals surface area contributed by atoms with Crippen molar-refractivity contribution < 1.29 is 9.47 Å². The van der Waals surface area contributed by atoms with Crippen LogP contribution in [0.5, 0.6) is 11.8 Å². The lowest BCUT2D eigenvalue weighted by atomic mass is 10.2. The van der Waals surface area contributed by atoms with Crippen LogP contribution in [0.1, 0.15) is 5.56 Å². The molecule has 72 valence electrons. The molecule has 0 aliphatic rings. The van der Waals surface area contributed by atoms with Crippen molar-refractivity contribution in [3.05, 3.63) is 17.7 Å². The smallest absolute Gasteiger partial charge is 0.219 e. The molecule has 0 aromatic carbocycles. The van der Waals surface area contributed by atoms with E-state index >= 15 is 0 Å². The number of ether oxygens (including phenoxy) is 2. The topological polar surface area (TPSA) is 57.4 Å². The molecule has 0 unspecified atom stereocenters. The zero-order chi connectivity index (χ0) is 9.68. The van der Waals surface area contributed by atoms with Crippen molar-refractivity contribution in [2.75, 3.05) is 20.8 Å². The van der Waals surface area contributed by atoms with Crippen LogP contribution >= 0.6 is 0 Å². The molecule has 0 amide bonds. The van der Waals surface area contributed by atoms with E-state index in [0.29, 0.717) is 18.3 Å². The summed E-state index contributed by atoms with van der Waals surface area (Å²) in [5.74, 6) is 1.14. The van der Waals surface area contributed by atoms with Crippen molar-refractivity contribution >= 4 is 0 Å². The fraction of sp³-hybridized carbons (Fsp3) is 0.444. The van der Waals surface area contributed by atoms with Gasteiger partial charge in [0.05, 0.1) is 14.2 Å². The van der Waals surface area contributed by atoms with Crippen molar-refractivity contribution in [1.29, 1.82) is 0 Å². The van der Waals surface area contributed by atoms with Gasteiger partial charge in [-0.15, -0.1) is 0 Å². The quantitative estimate of drug-likeness (QED) is 0.740. The molecular weight excluding hydrogens is 168 g/mol. The number of rotatable bonds is 4. The predicted octanol–water partition coefficient (Wildman–Crippen LogP) is 0.600. The number of hydrogen-bond acceptors (Lipinski definition) is 4. The molecule has 0 spiro atoms. The Labute approximate surface area is 77.7 Å². The van der Waals surface area contributed by atoms with Crippen LogP contribution in [0, 0.1) is 0 Å². The highest BCUT2D eigenvalue weighted by Gasteiger charge is 2.04. The molecule has 1 heterocycles. The van der Waals surface area contributed by atoms with Crippen molar-refractivity contribution in [3.8, 4) is 11.8 Å². The molecule has 0 saturated carbocycles. The maximum Gasteiger partial charge on any atom is 0.219 e. The molecule has 4 heteroatoms. The van der Waals surface area contributed by atoms with E-state index in [4.69, 9.17) is 15.2 Å². The van der Waals surface area contributed by atoms with Gasteiger partial charge in [0.15, 0.2) is 0 Å². The highest BCUT2D eigenvalue weighted by molar-refractivity contribution is 5.30. The van der Waals surface area contributed by atoms with Crippen LogP contribution in [0.25, 0.3) is 0 Å². The Morgan fingerprint density at radius 1 is 1.31 bits per heavy atom. The summed E-state index contributed by atoms with van der Waals surface area (Å²) >= 11 is 0. The van der Waals surface area contributed by atoms with Crippen LogP contribution in [0.2, 0.25) is 0 Å². The summed E-state index contributed by atoms with van der Waals surface area (Å²) < 4.78 is 10.1. The van der Waals surface area contributed by atoms with Gasteiger partial charge < -0.3 is 15.2 Å². The molecule has 0 aliphatic heterocycles.